The molecular weight excluding hydrogens is 288 g/mol. The Morgan fingerprint density at radius 2 is 1.86 bits per heavy atom. The molecule has 2 aromatic carbocycles. The number of rotatable bonds is 2. The fourth-order valence-electron chi connectivity index (χ4n) is 2.31. The van der Waals surface area contributed by atoms with E-state index in [9.17, 15) is 4.79 Å². The molecule has 3 aromatic rings. The number of hydrogen-bond donors (Lipinski definition) is 2. The first-order chi connectivity index (χ1) is 9.69. The van der Waals surface area contributed by atoms with Gasteiger partial charge in [0, 0.05) is 22.3 Å². The van der Waals surface area contributed by atoms with E-state index in [1.54, 1.807) is 6.07 Å². The number of halogens is 1. The summed E-state index contributed by atoms with van der Waals surface area (Å²) in [5.41, 5.74) is 9.66. The molecule has 5 heteroatoms. The highest BCUT2D eigenvalue weighted by atomic mass is 35.5. The molecule has 0 radical (unpaired) electrons. The van der Waals surface area contributed by atoms with Crippen LogP contribution in [0.25, 0.3) is 22.2 Å². The number of carbonyl (C=O) groups excluding carboxylic acids is 1. The summed E-state index contributed by atoms with van der Waals surface area (Å²) in [6.07, 6.45) is 0. The fourth-order valence-corrected chi connectivity index (χ4v) is 2.31. The third kappa shape index (κ3) is 2.71. The zero-order chi connectivity index (χ0) is 14.1. The SMILES string of the molecule is COC(=O)c1cc(N)cc2[nH]c(-c3ccccc3)cc12.Cl. The number of hydrogen-bond acceptors (Lipinski definition) is 3. The van der Waals surface area contributed by atoms with Gasteiger partial charge in [0.15, 0.2) is 0 Å². The summed E-state index contributed by atoms with van der Waals surface area (Å²) in [4.78, 5) is 15.1. The van der Waals surface area contributed by atoms with Gasteiger partial charge in [-0.15, -0.1) is 12.4 Å². The van der Waals surface area contributed by atoms with Gasteiger partial charge in [-0.2, -0.15) is 0 Å². The Labute approximate surface area is 128 Å². The van der Waals surface area contributed by atoms with Gasteiger partial charge < -0.3 is 15.5 Å². The molecule has 0 aliphatic carbocycles. The number of aromatic amines is 1. The average molecular weight is 303 g/mol. The van der Waals surface area contributed by atoms with Crippen molar-refractivity contribution >= 4 is 35.0 Å². The van der Waals surface area contributed by atoms with Crippen molar-refractivity contribution in [1.29, 1.82) is 0 Å². The second-order valence-corrected chi connectivity index (χ2v) is 4.57. The third-order valence-electron chi connectivity index (χ3n) is 3.25. The van der Waals surface area contributed by atoms with Crippen LogP contribution in [0.1, 0.15) is 10.4 Å². The number of nitrogen functional groups attached to an aromatic ring is 1. The number of aromatic nitrogens is 1. The van der Waals surface area contributed by atoms with E-state index >= 15 is 0 Å². The monoisotopic (exact) mass is 302 g/mol. The number of carbonyl (C=O) groups is 1. The summed E-state index contributed by atoms with van der Waals surface area (Å²) in [6.45, 7) is 0. The van der Waals surface area contributed by atoms with E-state index in [4.69, 9.17) is 10.5 Å². The average Bonchev–Trinajstić information content (AvgIpc) is 2.90. The molecule has 0 amide bonds. The number of nitrogens with two attached hydrogens (primary N) is 1. The number of ether oxygens (including phenoxy) is 1. The predicted molar refractivity (Wildman–Crippen MR) is 86.7 cm³/mol. The normalized spacial score (nSPS) is 10.1. The van der Waals surface area contributed by atoms with Gasteiger partial charge in [-0.05, 0) is 23.8 Å². The molecule has 0 fully saturated rings. The summed E-state index contributed by atoms with van der Waals surface area (Å²) in [6, 6.07) is 15.3. The molecule has 1 aromatic heterocycles. The lowest BCUT2D eigenvalue weighted by Gasteiger charge is -2.02. The zero-order valence-corrected chi connectivity index (χ0v) is 12.2. The number of anilines is 1. The van der Waals surface area contributed by atoms with Crippen molar-refractivity contribution in [2.24, 2.45) is 0 Å². The van der Waals surface area contributed by atoms with Crippen LogP contribution in [0.3, 0.4) is 0 Å². The molecule has 108 valence electrons. The molecular formula is C16H15ClN2O2. The van der Waals surface area contributed by atoms with Crippen LogP contribution in [-0.2, 0) is 4.74 Å². The first-order valence-electron chi connectivity index (χ1n) is 6.25. The topological polar surface area (TPSA) is 68.1 Å². The third-order valence-corrected chi connectivity index (χ3v) is 3.25. The van der Waals surface area contributed by atoms with Crippen molar-refractivity contribution in [3.05, 3.63) is 54.1 Å². The molecule has 4 nitrogen and oxygen atoms in total. The lowest BCUT2D eigenvalue weighted by Crippen LogP contribution is -2.02. The van der Waals surface area contributed by atoms with Gasteiger partial charge in [0.25, 0.3) is 0 Å². The van der Waals surface area contributed by atoms with Gasteiger partial charge in [0.1, 0.15) is 0 Å². The highest BCUT2D eigenvalue weighted by molar-refractivity contribution is 6.06. The van der Waals surface area contributed by atoms with Crippen molar-refractivity contribution in [2.45, 2.75) is 0 Å². The Morgan fingerprint density at radius 1 is 1.14 bits per heavy atom. The molecule has 0 aliphatic rings. The fraction of sp³-hybridized carbons (Fsp3) is 0.0625. The summed E-state index contributed by atoms with van der Waals surface area (Å²) in [7, 11) is 1.36. The van der Waals surface area contributed by atoms with Gasteiger partial charge in [-0.3, -0.25) is 0 Å². The van der Waals surface area contributed by atoms with Crippen LogP contribution in [-0.4, -0.2) is 18.1 Å². The number of methoxy groups -OCH3 is 1. The number of H-pyrrole nitrogens is 1. The maximum absolute atomic E-state index is 11.8. The molecule has 21 heavy (non-hydrogen) atoms. The van der Waals surface area contributed by atoms with Crippen molar-refractivity contribution in [3.8, 4) is 11.3 Å². The molecule has 0 saturated heterocycles. The van der Waals surface area contributed by atoms with Gasteiger partial charge in [-0.1, -0.05) is 30.3 Å². The lowest BCUT2D eigenvalue weighted by atomic mass is 10.1. The Bertz CT molecular complexity index is 782. The Hall–Kier alpha value is -2.46. The summed E-state index contributed by atoms with van der Waals surface area (Å²) in [5, 5.41) is 0.810. The second kappa shape index (κ2) is 5.89. The van der Waals surface area contributed by atoms with Crippen molar-refractivity contribution < 1.29 is 9.53 Å². The molecule has 0 saturated carbocycles. The smallest absolute Gasteiger partial charge is 0.338 e. The number of fused-ring (bicyclic) bond motifs is 1. The van der Waals surface area contributed by atoms with E-state index in [2.05, 4.69) is 4.98 Å². The molecule has 0 unspecified atom stereocenters. The van der Waals surface area contributed by atoms with E-state index in [1.165, 1.54) is 7.11 Å². The van der Waals surface area contributed by atoms with Gasteiger partial charge in [-0.25, -0.2) is 4.79 Å². The summed E-state index contributed by atoms with van der Waals surface area (Å²) >= 11 is 0. The predicted octanol–water partition coefficient (Wildman–Crippen LogP) is 3.63. The minimum Gasteiger partial charge on any atom is -0.465 e. The second-order valence-electron chi connectivity index (χ2n) is 4.57. The molecule has 0 spiro atoms. The van der Waals surface area contributed by atoms with E-state index in [-0.39, 0.29) is 18.4 Å². The highest BCUT2D eigenvalue weighted by Crippen LogP contribution is 2.28. The molecule has 1 heterocycles. The summed E-state index contributed by atoms with van der Waals surface area (Å²) < 4.78 is 4.81. The maximum Gasteiger partial charge on any atom is 0.338 e. The summed E-state index contributed by atoms with van der Waals surface area (Å²) in [5.74, 6) is -0.388. The van der Waals surface area contributed by atoms with Crippen LogP contribution in [0.2, 0.25) is 0 Å². The van der Waals surface area contributed by atoms with Crippen molar-refractivity contribution in [1.82, 2.24) is 4.98 Å². The Morgan fingerprint density at radius 3 is 2.52 bits per heavy atom. The van der Waals surface area contributed by atoms with Gasteiger partial charge in [0.05, 0.1) is 12.7 Å². The maximum atomic E-state index is 11.8. The number of esters is 1. The van der Waals surface area contributed by atoms with E-state index in [0.717, 1.165) is 22.2 Å². The van der Waals surface area contributed by atoms with Crippen LogP contribution in [0.5, 0.6) is 0 Å². The molecule has 0 atom stereocenters. The molecule has 0 aliphatic heterocycles. The van der Waals surface area contributed by atoms with Crippen LogP contribution in [0, 0.1) is 0 Å². The van der Waals surface area contributed by atoms with E-state index in [1.807, 2.05) is 42.5 Å². The van der Waals surface area contributed by atoms with Crippen LogP contribution < -0.4 is 5.73 Å². The first kappa shape index (κ1) is 14.9. The number of nitrogens with one attached hydrogen (secondary N) is 1. The lowest BCUT2D eigenvalue weighted by molar-refractivity contribution is 0.0603. The first-order valence-corrected chi connectivity index (χ1v) is 6.25. The molecule has 0 bridgehead atoms. The van der Waals surface area contributed by atoms with E-state index in [0.29, 0.717) is 11.3 Å². The Kier molecular flexibility index (Phi) is 4.19. The highest BCUT2D eigenvalue weighted by Gasteiger charge is 2.14. The van der Waals surface area contributed by atoms with Crippen LogP contribution in [0.4, 0.5) is 5.69 Å². The van der Waals surface area contributed by atoms with Gasteiger partial charge >= 0.3 is 5.97 Å². The van der Waals surface area contributed by atoms with E-state index < -0.39 is 0 Å². The van der Waals surface area contributed by atoms with Gasteiger partial charge in [0.2, 0.25) is 0 Å². The Balaban J connectivity index is 0.00000161. The molecule has 3 rings (SSSR count). The standard InChI is InChI=1S/C16H14N2O2.ClH/c1-20-16(19)13-7-11(17)8-15-12(13)9-14(18-15)10-5-3-2-4-6-10;/h2-9,18H,17H2,1H3;1H. The number of benzene rings is 2. The van der Waals surface area contributed by atoms with Crippen LogP contribution in [0.15, 0.2) is 48.5 Å². The minimum absolute atomic E-state index is 0. The largest absolute Gasteiger partial charge is 0.465 e. The zero-order valence-electron chi connectivity index (χ0n) is 11.4. The van der Waals surface area contributed by atoms with Crippen LogP contribution >= 0.6 is 12.4 Å². The quantitative estimate of drug-likeness (QED) is 0.561. The van der Waals surface area contributed by atoms with Crippen molar-refractivity contribution in [2.75, 3.05) is 12.8 Å². The van der Waals surface area contributed by atoms with Crippen molar-refractivity contribution in [3.63, 3.8) is 0 Å². The minimum atomic E-state index is -0.388. The molecule has 3 N–H and O–H groups in total.